The number of benzene rings is 2. The van der Waals surface area contributed by atoms with Crippen LogP contribution in [-0.4, -0.2) is 10.8 Å². The van der Waals surface area contributed by atoms with Crippen molar-refractivity contribution in [3.8, 4) is 0 Å². The normalized spacial score (nSPS) is 10.1. The van der Waals surface area contributed by atoms with Crippen molar-refractivity contribution in [1.29, 1.82) is 0 Å². The molecule has 6 heteroatoms. The molecule has 0 spiro atoms. The van der Waals surface area contributed by atoms with Crippen LogP contribution in [0.4, 0.5) is 11.4 Å². The van der Waals surface area contributed by atoms with E-state index in [0.29, 0.717) is 16.8 Å². The number of para-hydroxylation sites is 1. The molecule has 0 radical (unpaired) electrons. The smallest absolute Gasteiger partial charge is 0.270 e. The number of carbonyl (C=O) groups excluding carboxylic acids is 1. The molecule has 5 nitrogen and oxygen atoms in total. The third kappa shape index (κ3) is 3.13. The summed E-state index contributed by atoms with van der Waals surface area (Å²) in [6.07, 6.45) is 0. The average molecular weight is 382 g/mol. The van der Waals surface area contributed by atoms with Crippen LogP contribution in [0.2, 0.25) is 0 Å². The first-order valence-corrected chi connectivity index (χ1v) is 6.88. The van der Waals surface area contributed by atoms with E-state index < -0.39 is 4.92 Å². The minimum Gasteiger partial charge on any atom is -0.321 e. The Hall–Kier alpha value is -1.96. The Balaban J connectivity index is 2.32. The fourth-order valence-corrected chi connectivity index (χ4v) is 2.24. The Morgan fingerprint density at radius 2 is 1.95 bits per heavy atom. The molecule has 0 saturated heterocycles. The van der Waals surface area contributed by atoms with E-state index in [4.69, 9.17) is 0 Å². The Morgan fingerprint density at radius 1 is 1.25 bits per heavy atom. The molecule has 0 unspecified atom stereocenters. The molecule has 2 aromatic carbocycles. The molecule has 0 aromatic heterocycles. The predicted octanol–water partition coefficient (Wildman–Crippen LogP) is 3.76. The summed E-state index contributed by atoms with van der Waals surface area (Å²) in [5.41, 5.74) is 1.59. The minimum atomic E-state index is -0.511. The molecule has 0 bridgehead atoms. The number of nitro benzene ring substituents is 1. The van der Waals surface area contributed by atoms with Crippen molar-refractivity contribution in [2.45, 2.75) is 6.92 Å². The summed E-state index contributed by atoms with van der Waals surface area (Å²) >= 11 is 2.12. The second-order valence-electron chi connectivity index (χ2n) is 4.19. The highest BCUT2D eigenvalue weighted by atomic mass is 127. The van der Waals surface area contributed by atoms with Gasteiger partial charge in [-0.2, -0.15) is 0 Å². The summed E-state index contributed by atoms with van der Waals surface area (Å²) in [6, 6.07) is 11.6. The summed E-state index contributed by atoms with van der Waals surface area (Å²) < 4.78 is 0.904. The van der Waals surface area contributed by atoms with Gasteiger partial charge in [0.1, 0.15) is 0 Å². The van der Waals surface area contributed by atoms with Crippen LogP contribution in [0.5, 0.6) is 0 Å². The van der Waals surface area contributed by atoms with Gasteiger partial charge in [0.05, 0.1) is 10.6 Å². The average Bonchev–Trinajstić information content (AvgIpc) is 2.41. The molecular weight excluding hydrogens is 371 g/mol. The van der Waals surface area contributed by atoms with E-state index in [0.717, 1.165) is 3.57 Å². The van der Waals surface area contributed by atoms with E-state index in [-0.39, 0.29) is 11.6 Å². The van der Waals surface area contributed by atoms with Gasteiger partial charge in [0.25, 0.3) is 11.6 Å². The van der Waals surface area contributed by atoms with Crippen LogP contribution in [0.15, 0.2) is 42.5 Å². The molecule has 20 heavy (non-hydrogen) atoms. The number of nitro groups is 1. The van der Waals surface area contributed by atoms with Gasteiger partial charge in [0.15, 0.2) is 0 Å². The van der Waals surface area contributed by atoms with Gasteiger partial charge >= 0.3 is 0 Å². The summed E-state index contributed by atoms with van der Waals surface area (Å²) in [4.78, 5) is 22.5. The Bertz CT molecular complexity index is 686. The summed E-state index contributed by atoms with van der Waals surface area (Å²) in [5.74, 6) is -0.352. The fraction of sp³-hybridized carbons (Fsp3) is 0.0714. The molecule has 0 aliphatic rings. The van der Waals surface area contributed by atoms with Crippen LogP contribution in [-0.2, 0) is 0 Å². The maximum Gasteiger partial charge on any atom is 0.270 e. The lowest BCUT2D eigenvalue weighted by Crippen LogP contribution is -2.14. The Labute approximate surface area is 129 Å². The standard InChI is InChI=1S/C14H11IN2O3/c1-9-6-7-10(17(19)20)8-11(9)14(18)16-13-5-3-2-4-12(13)15/h2-8H,1H3,(H,16,18). The zero-order chi connectivity index (χ0) is 14.7. The number of hydrogen-bond donors (Lipinski definition) is 1. The van der Waals surface area contributed by atoms with E-state index in [9.17, 15) is 14.9 Å². The topological polar surface area (TPSA) is 72.2 Å². The number of amides is 1. The van der Waals surface area contributed by atoms with E-state index >= 15 is 0 Å². The number of hydrogen-bond acceptors (Lipinski definition) is 3. The second-order valence-corrected chi connectivity index (χ2v) is 5.35. The number of rotatable bonds is 3. The van der Waals surface area contributed by atoms with E-state index in [1.165, 1.54) is 12.1 Å². The maximum atomic E-state index is 12.2. The number of halogens is 1. The molecule has 102 valence electrons. The monoisotopic (exact) mass is 382 g/mol. The molecule has 1 N–H and O–H groups in total. The maximum absolute atomic E-state index is 12.2. The largest absolute Gasteiger partial charge is 0.321 e. The third-order valence-electron chi connectivity index (χ3n) is 2.80. The molecule has 0 heterocycles. The molecule has 2 aromatic rings. The molecule has 0 aliphatic heterocycles. The van der Waals surface area contributed by atoms with E-state index in [2.05, 4.69) is 27.9 Å². The lowest BCUT2D eigenvalue weighted by Gasteiger charge is -2.09. The highest BCUT2D eigenvalue weighted by molar-refractivity contribution is 14.1. The van der Waals surface area contributed by atoms with Crippen LogP contribution in [0.3, 0.4) is 0 Å². The minimum absolute atomic E-state index is 0.0940. The van der Waals surface area contributed by atoms with Gasteiger partial charge in [-0.25, -0.2) is 0 Å². The van der Waals surface area contributed by atoms with Gasteiger partial charge in [-0.05, 0) is 47.2 Å². The van der Waals surface area contributed by atoms with Gasteiger partial charge in [0.2, 0.25) is 0 Å². The van der Waals surface area contributed by atoms with Crippen LogP contribution in [0.1, 0.15) is 15.9 Å². The number of nitrogens with one attached hydrogen (secondary N) is 1. The zero-order valence-electron chi connectivity index (χ0n) is 10.6. The first kappa shape index (κ1) is 14.4. The Morgan fingerprint density at radius 3 is 2.60 bits per heavy atom. The third-order valence-corrected chi connectivity index (χ3v) is 3.74. The van der Waals surface area contributed by atoms with Crippen molar-refractivity contribution in [3.05, 3.63) is 67.3 Å². The molecule has 0 fully saturated rings. The fourth-order valence-electron chi connectivity index (χ4n) is 1.72. The van der Waals surface area contributed by atoms with Crippen molar-refractivity contribution in [2.24, 2.45) is 0 Å². The molecule has 0 atom stereocenters. The van der Waals surface area contributed by atoms with Gasteiger partial charge in [0, 0.05) is 21.3 Å². The zero-order valence-corrected chi connectivity index (χ0v) is 12.7. The second kappa shape index (κ2) is 6.00. The number of aryl methyl sites for hydroxylation is 1. The van der Waals surface area contributed by atoms with Crippen molar-refractivity contribution < 1.29 is 9.72 Å². The predicted molar refractivity (Wildman–Crippen MR) is 84.9 cm³/mol. The van der Waals surface area contributed by atoms with Crippen molar-refractivity contribution in [1.82, 2.24) is 0 Å². The van der Waals surface area contributed by atoms with Gasteiger partial charge in [-0.3, -0.25) is 14.9 Å². The summed E-state index contributed by atoms with van der Waals surface area (Å²) in [7, 11) is 0. The molecular formula is C14H11IN2O3. The van der Waals surface area contributed by atoms with Crippen molar-refractivity contribution >= 4 is 39.9 Å². The molecule has 0 aliphatic carbocycles. The van der Waals surface area contributed by atoms with Crippen LogP contribution in [0.25, 0.3) is 0 Å². The van der Waals surface area contributed by atoms with Gasteiger partial charge in [-0.1, -0.05) is 18.2 Å². The highest BCUT2D eigenvalue weighted by Gasteiger charge is 2.15. The van der Waals surface area contributed by atoms with Gasteiger partial charge < -0.3 is 5.32 Å². The number of nitrogens with zero attached hydrogens (tertiary/aromatic N) is 1. The van der Waals surface area contributed by atoms with E-state index in [1.54, 1.807) is 19.1 Å². The molecule has 1 amide bonds. The number of anilines is 1. The van der Waals surface area contributed by atoms with Crippen LogP contribution in [0, 0.1) is 20.6 Å². The van der Waals surface area contributed by atoms with E-state index in [1.807, 2.05) is 18.2 Å². The molecule has 0 saturated carbocycles. The first-order chi connectivity index (χ1) is 9.49. The van der Waals surface area contributed by atoms with Crippen molar-refractivity contribution in [2.75, 3.05) is 5.32 Å². The highest BCUT2D eigenvalue weighted by Crippen LogP contribution is 2.21. The van der Waals surface area contributed by atoms with Crippen LogP contribution >= 0.6 is 22.6 Å². The quantitative estimate of drug-likeness (QED) is 0.499. The summed E-state index contributed by atoms with van der Waals surface area (Å²) in [5, 5.41) is 13.5. The molecule has 2 rings (SSSR count). The number of non-ortho nitro benzene ring substituents is 1. The number of carbonyl (C=O) groups is 1. The lowest BCUT2D eigenvalue weighted by atomic mass is 10.1. The Kier molecular flexibility index (Phi) is 4.33. The summed E-state index contributed by atoms with van der Waals surface area (Å²) in [6.45, 7) is 1.74. The van der Waals surface area contributed by atoms with Crippen LogP contribution < -0.4 is 5.32 Å². The first-order valence-electron chi connectivity index (χ1n) is 5.80. The van der Waals surface area contributed by atoms with Gasteiger partial charge in [-0.15, -0.1) is 0 Å². The lowest BCUT2D eigenvalue weighted by molar-refractivity contribution is -0.384. The SMILES string of the molecule is Cc1ccc([N+](=O)[O-])cc1C(=O)Nc1ccccc1I. The van der Waals surface area contributed by atoms with Crippen molar-refractivity contribution in [3.63, 3.8) is 0 Å².